The highest BCUT2D eigenvalue weighted by atomic mass is 35.5. The summed E-state index contributed by atoms with van der Waals surface area (Å²) in [6.45, 7) is 2.13. The summed E-state index contributed by atoms with van der Waals surface area (Å²) in [6.07, 6.45) is 1.04. The van der Waals surface area contributed by atoms with Crippen LogP contribution in [0.2, 0.25) is 5.28 Å². The van der Waals surface area contributed by atoms with E-state index in [4.69, 9.17) is 11.6 Å². The van der Waals surface area contributed by atoms with Crippen molar-refractivity contribution in [2.24, 2.45) is 0 Å². The second-order valence-electron chi connectivity index (χ2n) is 2.99. The predicted octanol–water partition coefficient (Wildman–Crippen LogP) is 1.22. The van der Waals surface area contributed by atoms with E-state index in [1.807, 2.05) is 0 Å². The van der Waals surface area contributed by atoms with Gasteiger partial charge in [-0.2, -0.15) is 4.98 Å². The van der Waals surface area contributed by atoms with Crippen LogP contribution in [0, 0.1) is 10.1 Å². The van der Waals surface area contributed by atoms with Gasteiger partial charge in [0.1, 0.15) is 6.20 Å². The van der Waals surface area contributed by atoms with Gasteiger partial charge in [0, 0.05) is 28.9 Å². The van der Waals surface area contributed by atoms with E-state index in [9.17, 15) is 14.3 Å². The molecule has 7 nitrogen and oxygen atoms in total. The fourth-order valence-corrected chi connectivity index (χ4v) is 1.80. The predicted molar refractivity (Wildman–Crippen MR) is 65.7 cm³/mol. The number of hydrogen-bond acceptors (Lipinski definition) is 6. The van der Waals surface area contributed by atoms with Crippen LogP contribution in [0.1, 0.15) is 6.92 Å². The molecule has 0 amide bonds. The van der Waals surface area contributed by atoms with E-state index in [2.05, 4.69) is 15.3 Å². The van der Waals surface area contributed by atoms with Gasteiger partial charge >= 0.3 is 5.69 Å². The van der Waals surface area contributed by atoms with Crippen LogP contribution in [0.5, 0.6) is 0 Å². The minimum absolute atomic E-state index is 0.0445. The average molecular weight is 279 g/mol. The molecule has 0 fully saturated rings. The third kappa shape index (κ3) is 4.23. The SMILES string of the molecule is CCS(=O)CCNc1nc(Cl)ncc1[N+](=O)[O-]. The highest BCUT2D eigenvalue weighted by Crippen LogP contribution is 2.21. The second-order valence-corrected chi connectivity index (χ2v) is 5.19. The van der Waals surface area contributed by atoms with Crippen LogP contribution < -0.4 is 5.32 Å². The Morgan fingerprint density at radius 2 is 2.35 bits per heavy atom. The number of nitro groups is 1. The number of halogens is 1. The Balaban J connectivity index is 2.72. The van der Waals surface area contributed by atoms with Crippen LogP contribution in [-0.4, -0.2) is 37.2 Å². The summed E-state index contributed by atoms with van der Waals surface area (Å²) < 4.78 is 11.2. The fourth-order valence-electron chi connectivity index (χ4n) is 1.05. The molecule has 0 aliphatic rings. The number of anilines is 1. The van der Waals surface area contributed by atoms with Crippen LogP contribution in [0.25, 0.3) is 0 Å². The molecule has 0 saturated heterocycles. The first-order chi connectivity index (χ1) is 8.04. The molecule has 1 unspecified atom stereocenters. The van der Waals surface area contributed by atoms with Crippen LogP contribution in [-0.2, 0) is 10.8 Å². The fraction of sp³-hybridized carbons (Fsp3) is 0.500. The molecule has 0 aromatic carbocycles. The van der Waals surface area contributed by atoms with Gasteiger partial charge in [-0.1, -0.05) is 6.92 Å². The first kappa shape index (κ1) is 13.8. The van der Waals surface area contributed by atoms with Crippen molar-refractivity contribution in [1.29, 1.82) is 0 Å². The van der Waals surface area contributed by atoms with Crippen molar-refractivity contribution >= 4 is 33.9 Å². The van der Waals surface area contributed by atoms with E-state index < -0.39 is 15.7 Å². The molecule has 0 saturated carbocycles. The number of aromatic nitrogens is 2. The van der Waals surface area contributed by atoms with Crippen molar-refractivity contribution in [1.82, 2.24) is 9.97 Å². The summed E-state index contributed by atoms with van der Waals surface area (Å²) in [5.74, 6) is 0.993. The number of hydrogen-bond donors (Lipinski definition) is 1. The zero-order valence-electron chi connectivity index (χ0n) is 9.05. The van der Waals surface area contributed by atoms with Gasteiger partial charge in [0.05, 0.1) is 4.92 Å². The molecule has 0 aliphatic carbocycles. The molecule has 9 heteroatoms. The Bertz CT molecular complexity index is 443. The molecular weight excluding hydrogens is 268 g/mol. The summed E-state index contributed by atoms with van der Waals surface area (Å²) in [4.78, 5) is 17.3. The molecule has 1 rings (SSSR count). The lowest BCUT2D eigenvalue weighted by Crippen LogP contribution is -2.14. The Morgan fingerprint density at radius 3 is 2.94 bits per heavy atom. The van der Waals surface area contributed by atoms with Gasteiger partial charge < -0.3 is 5.32 Å². The molecule has 1 heterocycles. The van der Waals surface area contributed by atoms with E-state index in [0.29, 0.717) is 18.1 Å². The minimum atomic E-state index is -0.932. The third-order valence-electron chi connectivity index (χ3n) is 1.88. The first-order valence-corrected chi connectivity index (χ1v) is 6.67. The van der Waals surface area contributed by atoms with Crippen LogP contribution in [0.15, 0.2) is 6.20 Å². The molecule has 1 atom stereocenters. The van der Waals surface area contributed by atoms with Gasteiger partial charge in [0.15, 0.2) is 0 Å². The van der Waals surface area contributed by atoms with E-state index in [0.717, 1.165) is 6.20 Å². The highest BCUT2D eigenvalue weighted by molar-refractivity contribution is 7.84. The largest absolute Gasteiger partial charge is 0.363 e. The molecule has 0 spiro atoms. The zero-order chi connectivity index (χ0) is 12.8. The molecule has 1 N–H and O–H groups in total. The lowest BCUT2D eigenvalue weighted by Gasteiger charge is -2.05. The molecule has 0 bridgehead atoms. The van der Waals surface area contributed by atoms with Crippen molar-refractivity contribution < 1.29 is 9.13 Å². The van der Waals surface area contributed by atoms with Gasteiger partial charge in [-0.15, -0.1) is 0 Å². The molecule has 1 aromatic rings. The first-order valence-electron chi connectivity index (χ1n) is 4.80. The van der Waals surface area contributed by atoms with Crippen molar-refractivity contribution in [3.8, 4) is 0 Å². The summed E-state index contributed by atoms with van der Waals surface area (Å²) in [5, 5.41) is 13.3. The molecule has 17 heavy (non-hydrogen) atoms. The maximum Gasteiger partial charge on any atom is 0.329 e. The Kier molecular flexibility index (Phi) is 5.23. The molecular formula is C8H11ClN4O3S. The van der Waals surface area contributed by atoms with Crippen molar-refractivity contribution in [2.75, 3.05) is 23.4 Å². The van der Waals surface area contributed by atoms with Crippen LogP contribution >= 0.6 is 11.6 Å². The maximum absolute atomic E-state index is 11.2. The summed E-state index contributed by atoms with van der Waals surface area (Å²) in [5.41, 5.74) is -0.253. The van der Waals surface area contributed by atoms with Crippen LogP contribution in [0.3, 0.4) is 0 Å². The number of nitrogens with zero attached hydrogens (tertiary/aromatic N) is 3. The smallest absolute Gasteiger partial charge is 0.329 e. The third-order valence-corrected chi connectivity index (χ3v) is 3.37. The average Bonchev–Trinajstić information content (AvgIpc) is 2.28. The van der Waals surface area contributed by atoms with Crippen LogP contribution in [0.4, 0.5) is 11.5 Å². The summed E-state index contributed by atoms with van der Waals surface area (Å²) in [7, 11) is -0.932. The van der Waals surface area contributed by atoms with Crippen molar-refractivity contribution in [3.63, 3.8) is 0 Å². The zero-order valence-corrected chi connectivity index (χ0v) is 10.6. The van der Waals surface area contributed by atoms with E-state index in [-0.39, 0.29) is 16.8 Å². The second kappa shape index (κ2) is 6.45. The normalized spacial score (nSPS) is 12.1. The number of rotatable bonds is 6. The molecule has 1 aromatic heterocycles. The Hall–Kier alpha value is -1.28. The number of nitrogens with one attached hydrogen (secondary N) is 1. The molecule has 94 valence electrons. The topological polar surface area (TPSA) is 98.0 Å². The highest BCUT2D eigenvalue weighted by Gasteiger charge is 2.16. The van der Waals surface area contributed by atoms with E-state index >= 15 is 0 Å². The van der Waals surface area contributed by atoms with E-state index in [1.54, 1.807) is 6.92 Å². The van der Waals surface area contributed by atoms with Gasteiger partial charge in [-0.3, -0.25) is 14.3 Å². The quantitative estimate of drug-likeness (QED) is 0.477. The summed E-state index contributed by atoms with van der Waals surface area (Å²) >= 11 is 5.55. The summed E-state index contributed by atoms with van der Waals surface area (Å²) in [6, 6.07) is 0. The molecule has 0 radical (unpaired) electrons. The maximum atomic E-state index is 11.2. The Labute approximate surface area is 105 Å². The monoisotopic (exact) mass is 278 g/mol. The standard InChI is InChI=1S/C8H11ClN4O3S/c1-2-17(16)4-3-10-7-6(13(14)15)5-11-8(9)12-7/h5H,2-4H2,1H3,(H,10,11,12). The minimum Gasteiger partial charge on any atom is -0.363 e. The molecule has 0 aliphatic heterocycles. The van der Waals surface area contributed by atoms with Gasteiger partial charge in [-0.25, -0.2) is 4.98 Å². The lowest BCUT2D eigenvalue weighted by molar-refractivity contribution is -0.384. The lowest BCUT2D eigenvalue weighted by atomic mass is 10.5. The van der Waals surface area contributed by atoms with Crippen molar-refractivity contribution in [2.45, 2.75) is 6.92 Å². The van der Waals surface area contributed by atoms with Crippen molar-refractivity contribution in [3.05, 3.63) is 21.6 Å². The Morgan fingerprint density at radius 1 is 1.65 bits per heavy atom. The van der Waals surface area contributed by atoms with Gasteiger partial charge in [0.25, 0.3) is 0 Å². The van der Waals surface area contributed by atoms with E-state index in [1.165, 1.54) is 0 Å². The van der Waals surface area contributed by atoms with Gasteiger partial charge in [0.2, 0.25) is 11.1 Å². The van der Waals surface area contributed by atoms with Gasteiger partial charge in [-0.05, 0) is 11.6 Å².